The number of fused-ring (bicyclic) bond motifs is 1. The molecule has 0 saturated heterocycles. The molecule has 2 aliphatic carbocycles. The number of carbonyl (C=O) groups excluding carboxylic acids is 1. The second-order valence-corrected chi connectivity index (χ2v) is 9.62. The zero-order chi connectivity index (χ0) is 22.9. The number of ether oxygens (including phenoxy) is 1. The highest BCUT2D eigenvalue weighted by Crippen LogP contribution is 2.34. The minimum Gasteiger partial charge on any atom is -0.480 e. The molecule has 1 atom stereocenters. The van der Waals surface area contributed by atoms with Crippen molar-refractivity contribution in [2.24, 2.45) is 11.8 Å². The monoisotopic (exact) mass is 444 g/mol. The minimum absolute atomic E-state index is 0.175. The fourth-order valence-electron chi connectivity index (χ4n) is 4.87. The maximum Gasteiger partial charge on any atom is 0.326 e. The first kappa shape index (κ1) is 24.7. The van der Waals surface area contributed by atoms with E-state index in [-0.39, 0.29) is 12.0 Å². The van der Waals surface area contributed by atoms with E-state index in [2.05, 4.69) is 31.3 Å². The lowest BCUT2D eigenvalue weighted by Gasteiger charge is -2.35. The Morgan fingerprint density at radius 2 is 1.94 bits per heavy atom. The number of aromatic nitrogens is 1. The molecule has 1 unspecified atom stereocenters. The van der Waals surface area contributed by atoms with Crippen molar-refractivity contribution in [3.8, 4) is 0 Å². The first-order valence-corrected chi connectivity index (χ1v) is 12.6. The maximum atomic E-state index is 12.1. The number of carboxylic acid groups (broad SMARTS) is 1. The van der Waals surface area contributed by atoms with E-state index >= 15 is 0 Å². The molecule has 0 aliphatic heterocycles. The third-order valence-electron chi connectivity index (χ3n) is 7.26. The third-order valence-corrected chi connectivity index (χ3v) is 7.26. The number of nitrogens with one attached hydrogen (secondary N) is 1. The van der Waals surface area contributed by atoms with Crippen molar-refractivity contribution in [1.82, 2.24) is 10.3 Å². The predicted octanol–water partition coefficient (Wildman–Crippen LogP) is 4.47. The summed E-state index contributed by atoms with van der Waals surface area (Å²) in [6.07, 6.45) is 11.8. The number of rotatable bonds is 13. The van der Waals surface area contributed by atoms with Gasteiger partial charge in [0, 0.05) is 30.8 Å². The number of carboxylic acids is 1. The number of pyridine rings is 1. The Morgan fingerprint density at radius 1 is 1.19 bits per heavy atom. The van der Waals surface area contributed by atoms with Gasteiger partial charge in [0.05, 0.1) is 6.10 Å². The van der Waals surface area contributed by atoms with Crippen molar-refractivity contribution in [1.29, 1.82) is 0 Å². The van der Waals surface area contributed by atoms with Crippen LogP contribution in [0.4, 0.5) is 0 Å². The van der Waals surface area contributed by atoms with E-state index in [1.165, 1.54) is 36.2 Å². The van der Waals surface area contributed by atoms with E-state index in [9.17, 15) is 14.7 Å². The molecule has 1 amide bonds. The fraction of sp³-hybridized carbons (Fsp3) is 0.731. The molecule has 6 nitrogen and oxygen atoms in total. The number of hydrogen-bond acceptors (Lipinski definition) is 4. The van der Waals surface area contributed by atoms with Crippen LogP contribution in [0.1, 0.15) is 88.6 Å². The number of aliphatic carboxylic acids is 1. The second kappa shape index (κ2) is 12.3. The maximum absolute atomic E-state index is 12.1. The van der Waals surface area contributed by atoms with Gasteiger partial charge in [-0.15, -0.1) is 0 Å². The van der Waals surface area contributed by atoms with Crippen molar-refractivity contribution in [3.63, 3.8) is 0 Å². The van der Waals surface area contributed by atoms with Crippen LogP contribution in [0.3, 0.4) is 0 Å². The molecule has 2 N–H and O–H groups in total. The zero-order valence-electron chi connectivity index (χ0n) is 19.8. The van der Waals surface area contributed by atoms with Crippen LogP contribution < -0.4 is 5.32 Å². The van der Waals surface area contributed by atoms with Crippen LogP contribution in [0.25, 0.3) is 0 Å². The van der Waals surface area contributed by atoms with Crippen molar-refractivity contribution in [2.45, 2.75) is 103 Å². The summed E-state index contributed by atoms with van der Waals surface area (Å²) < 4.78 is 5.89. The Balaban J connectivity index is 1.31. The predicted molar refractivity (Wildman–Crippen MR) is 125 cm³/mol. The van der Waals surface area contributed by atoms with Gasteiger partial charge in [0.2, 0.25) is 5.91 Å². The summed E-state index contributed by atoms with van der Waals surface area (Å²) in [6, 6.07) is 3.59. The first-order chi connectivity index (χ1) is 15.5. The van der Waals surface area contributed by atoms with Gasteiger partial charge in [-0.25, -0.2) is 4.79 Å². The average molecular weight is 445 g/mol. The summed E-state index contributed by atoms with van der Waals surface area (Å²) in [5.74, 6) is -0.196. The Morgan fingerprint density at radius 3 is 2.66 bits per heavy atom. The number of nitrogens with zero attached hydrogens (tertiary/aromatic N) is 1. The van der Waals surface area contributed by atoms with Crippen LogP contribution in [-0.2, 0) is 33.6 Å². The Bertz CT molecular complexity index is 756. The number of aryl methyl sites for hydroxylation is 3. The van der Waals surface area contributed by atoms with Crippen LogP contribution in [0.2, 0.25) is 0 Å². The van der Waals surface area contributed by atoms with Crippen molar-refractivity contribution >= 4 is 11.9 Å². The Hall–Kier alpha value is -1.95. The Kier molecular flexibility index (Phi) is 9.51. The fourth-order valence-corrected chi connectivity index (χ4v) is 4.87. The third kappa shape index (κ3) is 7.29. The molecular formula is C26H40N2O4. The molecule has 6 heteroatoms. The van der Waals surface area contributed by atoms with Gasteiger partial charge in [0.25, 0.3) is 0 Å². The molecule has 1 fully saturated rings. The SMILES string of the molecule is CCC(CC)CC(=O)NC(CCOC1CC(CCc2ccc3c(n2)CCCC3)C1)C(=O)O. The summed E-state index contributed by atoms with van der Waals surface area (Å²) in [4.78, 5) is 28.5. The molecule has 1 aromatic heterocycles. The molecule has 0 bridgehead atoms. The lowest BCUT2D eigenvalue weighted by Crippen LogP contribution is -2.42. The molecule has 0 aromatic carbocycles. The standard InChI is InChI=1S/C26H40N2O4/c1-3-18(4-2)17-25(29)28-24(26(30)31)13-14-32-22-15-19(16-22)9-11-21-12-10-20-7-5-6-8-23(20)27-21/h10,12,18-19,22,24H,3-9,11,13-17H2,1-2H3,(H,28,29)(H,30,31). The smallest absolute Gasteiger partial charge is 0.326 e. The summed E-state index contributed by atoms with van der Waals surface area (Å²) in [5.41, 5.74) is 3.95. The molecule has 32 heavy (non-hydrogen) atoms. The molecule has 2 aliphatic rings. The molecule has 0 radical (unpaired) electrons. The summed E-state index contributed by atoms with van der Waals surface area (Å²) in [6.45, 7) is 4.48. The molecular weight excluding hydrogens is 404 g/mol. The van der Waals surface area contributed by atoms with Crippen LogP contribution in [-0.4, -0.2) is 40.7 Å². The van der Waals surface area contributed by atoms with Crippen LogP contribution in [0.15, 0.2) is 12.1 Å². The van der Waals surface area contributed by atoms with Crippen molar-refractivity contribution in [2.75, 3.05) is 6.61 Å². The van der Waals surface area contributed by atoms with Crippen molar-refractivity contribution < 1.29 is 19.4 Å². The summed E-state index contributed by atoms with van der Waals surface area (Å²) in [5, 5.41) is 12.1. The summed E-state index contributed by atoms with van der Waals surface area (Å²) in [7, 11) is 0. The number of carbonyl (C=O) groups is 2. The van der Waals surface area contributed by atoms with Crippen LogP contribution in [0.5, 0.6) is 0 Å². The quantitative estimate of drug-likeness (QED) is 0.468. The largest absolute Gasteiger partial charge is 0.480 e. The summed E-state index contributed by atoms with van der Waals surface area (Å²) >= 11 is 0. The molecule has 1 heterocycles. The van der Waals surface area contributed by atoms with Gasteiger partial charge in [-0.1, -0.05) is 32.8 Å². The van der Waals surface area contributed by atoms with E-state index in [1.807, 2.05) is 0 Å². The first-order valence-electron chi connectivity index (χ1n) is 12.6. The average Bonchev–Trinajstić information content (AvgIpc) is 2.77. The molecule has 0 spiro atoms. The van der Waals surface area contributed by atoms with Gasteiger partial charge in [-0.3, -0.25) is 9.78 Å². The van der Waals surface area contributed by atoms with E-state index < -0.39 is 12.0 Å². The highest BCUT2D eigenvalue weighted by Gasteiger charge is 2.30. The molecule has 1 aromatic rings. The van der Waals surface area contributed by atoms with E-state index in [4.69, 9.17) is 9.72 Å². The Labute approximate surface area is 192 Å². The topological polar surface area (TPSA) is 88.5 Å². The normalized spacial score (nSPS) is 21.0. The van der Waals surface area contributed by atoms with Crippen LogP contribution >= 0.6 is 0 Å². The zero-order valence-corrected chi connectivity index (χ0v) is 19.8. The molecule has 3 rings (SSSR count). The van der Waals surface area contributed by atoms with E-state index in [1.54, 1.807) is 0 Å². The van der Waals surface area contributed by atoms with E-state index in [0.717, 1.165) is 44.9 Å². The lowest BCUT2D eigenvalue weighted by molar-refractivity contribution is -0.143. The van der Waals surface area contributed by atoms with Crippen LogP contribution in [0, 0.1) is 11.8 Å². The van der Waals surface area contributed by atoms with E-state index in [0.29, 0.717) is 31.3 Å². The molecule has 178 valence electrons. The highest BCUT2D eigenvalue weighted by molar-refractivity contribution is 5.83. The van der Waals surface area contributed by atoms with Crippen molar-refractivity contribution in [3.05, 3.63) is 29.1 Å². The number of amides is 1. The van der Waals surface area contributed by atoms with Gasteiger partial charge < -0.3 is 15.2 Å². The van der Waals surface area contributed by atoms with Gasteiger partial charge >= 0.3 is 5.97 Å². The van der Waals surface area contributed by atoms with Gasteiger partial charge in [0.1, 0.15) is 6.04 Å². The minimum atomic E-state index is -0.990. The number of hydrogen-bond donors (Lipinski definition) is 2. The molecule has 1 saturated carbocycles. The van der Waals surface area contributed by atoms with Gasteiger partial charge in [0.15, 0.2) is 0 Å². The second-order valence-electron chi connectivity index (χ2n) is 9.62. The van der Waals surface area contributed by atoms with Gasteiger partial charge in [-0.2, -0.15) is 0 Å². The van der Waals surface area contributed by atoms with Gasteiger partial charge in [-0.05, 0) is 74.8 Å². The lowest BCUT2D eigenvalue weighted by atomic mass is 9.79. The highest BCUT2D eigenvalue weighted by atomic mass is 16.5.